The lowest BCUT2D eigenvalue weighted by Crippen LogP contribution is -2.21. The summed E-state index contributed by atoms with van der Waals surface area (Å²) in [5.74, 6) is -8.27. The van der Waals surface area contributed by atoms with Gasteiger partial charge in [0.2, 0.25) is 0 Å². The smallest absolute Gasteiger partial charge is 0.475 e. The molecule has 6 nitrogen and oxygen atoms in total. The van der Waals surface area contributed by atoms with E-state index in [-0.39, 0.29) is 8.41 Å². The topological polar surface area (TPSA) is 112 Å². The van der Waals surface area contributed by atoms with Crippen LogP contribution in [-0.2, 0) is 14.4 Å². The molecule has 22 heavy (non-hydrogen) atoms. The molecule has 0 bridgehead atoms. The van der Waals surface area contributed by atoms with Crippen LogP contribution >= 0.6 is 0 Å². The molecule has 16 heteroatoms. The SMILES string of the molecule is B.O=C(O)C(F)(F)F.O=C(O)C(F)(F)F.O=C(O)C(F)(F)F. The number of hydrogen-bond donors (Lipinski definition) is 3. The minimum absolute atomic E-state index is 0. The predicted molar refractivity (Wildman–Crippen MR) is 51.0 cm³/mol. The van der Waals surface area contributed by atoms with Gasteiger partial charge in [0, 0.05) is 0 Å². The largest absolute Gasteiger partial charge is 0.490 e. The molecule has 0 aromatic heterocycles. The molecule has 0 atom stereocenters. The zero-order valence-corrected chi connectivity index (χ0v) is 8.97. The fraction of sp³-hybridized carbons (Fsp3) is 0.500. The maximum absolute atomic E-state index is 10.6. The van der Waals surface area contributed by atoms with E-state index in [9.17, 15) is 39.5 Å². The Morgan fingerprint density at radius 1 is 0.500 bits per heavy atom. The van der Waals surface area contributed by atoms with Crippen molar-refractivity contribution in [3.63, 3.8) is 0 Å². The number of rotatable bonds is 0. The van der Waals surface area contributed by atoms with Crippen molar-refractivity contribution in [2.45, 2.75) is 18.5 Å². The molecule has 0 saturated carbocycles. The van der Waals surface area contributed by atoms with Crippen molar-refractivity contribution in [3.05, 3.63) is 0 Å². The molecule has 0 aliphatic heterocycles. The van der Waals surface area contributed by atoms with Gasteiger partial charge in [-0.05, 0) is 0 Å². The van der Waals surface area contributed by atoms with Crippen LogP contribution in [0, 0.1) is 0 Å². The maximum atomic E-state index is 10.6. The molecule has 0 spiro atoms. The highest BCUT2D eigenvalue weighted by Gasteiger charge is 2.39. The van der Waals surface area contributed by atoms with Gasteiger partial charge in [-0.1, -0.05) is 0 Å². The molecule has 0 heterocycles. The van der Waals surface area contributed by atoms with Crippen molar-refractivity contribution >= 4 is 26.3 Å². The monoisotopic (exact) mass is 356 g/mol. The number of carboxylic acids is 3. The van der Waals surface area contributed by atoms with E-state index in [0.29, 0.717) is 0 Å². The third-order valence-corrected chi connectivity index (χ3v) is 0.728. The second-order valence-electron chi connectivity index (χ2n) is 2.41. The molecular weight excluding hydrogens is 350 g/mol. The number of carbonyl (C=O) groups is 3. The first-order chi connectivity index (χ1) is 8.83. The minimum atomic E-state index is -5.08. The quantitative estimate of drug-likeness (QED) is 0.436. The van der Waals surface area contributed by atoms with E-state index in [1.165, 1.54) is 0 Å². The number of halogens is 9. The van der Waals surface area contributed by atoms with E-state index in [2.05, 4.69) is 0 Å². The van der Waals surface area contributed by atoms with Crippen molar-refractivity contribution in [3.8, 4) is 0 Å². The van der Waals surface area contributed by atoms with E-state index >= 15 is 0 Å². The average molecular weight is 356 g/mol. The Labute approximate surface area is 115 Å². The fourth-order valence-corrected chi connectivity index (χ4v) is 0. The first kappa shape index (κ1) is 28.1. The summed E-state index contributed by atoms with van der Waals surface area (Å²) in [4.78, 5) is 26.7. The summed E-state index contributed by atoms with van der Waals surface area (Å²) in [6, 6.07) is 0. The van der Waals surface area contributed by atoms with Crippen molar-refractivity contribution in [2.24, 2.45) is 0 Å². The van der Waals surface area contributed by atoms with Gasteiger partial charge < -0.3 is 15.3 Å². The van der Waals surface area contributed by atoms with Crippen LogP contribution in [0.4, 0.5) is 39.5 Å². The Hall–Kier alpha value is -2.16. The number of alkyl halides is 9. The number of hydrogen-bond acceptors (Lipinski definition) is 3. The van der Waals surface area contributed by atoms with Gasteiger partial charge >= 0.3 is 36.4 Å². The highest BCUT2D eigenvalue weighted by Crippen LogP contribution is 2.14. The van der Waals surface area contributed by atoms with Gasteiger partial charge in [-0.3, -0.25) is 0 Å². The first-order valence-electron chi connectivity index (χ1n) is 3.73. The van der Waals surface area contributed by atoms with E-state index in [1.54, 1.807) is 0 Å². The lowest BCUT2D eigenvalue weighted by atomic mass is 10.7. The molecule has 0 fully saturated rings. The molecular formula is C6H6BF9O6. The van der Waals surface area contributed by atoms with E-state index in [4.69, 9.17) is 29.7 Å². The Morgan fingerprint density at radius 3 is 0.545 bits per heavy atom. The third kappa shape index (κ3) is 20.2. The Kier molecular flexibility index (Phi) is 12.4. The van der Waals surface area contributed by atoms with Gasteiger partial charge in [0.25, 0.3) is 0 Å². The summed E-state index contributed by atoms with van der Waals surface area (Å²) in [6.45, 7) is 0. The maximum Gasteiger partial charge on any atom is 0.490 e. The van der Waals surface area contributed by atoms with Crippen LogP contribution in [0.5, 0.6) is 0 Å². The summed E-state index contributed by atoms with van der Waals surface area (Å²) in [5.41, 5.74) is 0. The van der Waals surface area contributed by atoms with Crippen LogP contribution in [0.25, 0.3) is 0 Å². The zero-order valence-electron chi connectivity index (χ0n) is 8.97. The van der Waals surface area contributed by atoms with Crippen molar-refractivity contribution in [1.29, 1.82) is 0 Å². The van der Waals surface area contributed by atoms with Crippen LogP contribution in [0.1, 0.15) is 0 Å². The van der Waals surface area contributed by atoms with Crippen molar-refractivity contribution < 1.29 is 69.2 Å². The predicted octanol–water partition coefficient (Wildman–Crippen LogP) is 0.716. The third-order valence-electron chi connectivity index (χ3n) is 0.728. The Morgan fingerprint density at radius 2 is 0.545 bits per heavy atom. The van der Waals surface area contributed by atoms with Crippen LogP contribution in [0.15, 0.2) is 0 Å². The Balaban J connectivity index is -0.000000108. The molecule has 0 aromatic rings. The van der Waals surface area contributed by atoms with Gasteiger partial charge in [-0.15, -0.1) is 0 Å². The van der Waals surface area contributed by atoms with E-state index < -0.39 is 36.4 Å². The molecule has 0 aromatic carbocycles. The molecule has 0 aliphatic carbocycles. The minimum Gasteiger partial charge on any atom is -0.475 e. The molecule has 0 radical (unpaired) electrons. The lowest BCUT2D eigenvalue weighted by molar-refractivity contribution is -0.193. The number of carboxylic acid groups (broad SMARTS) is 3. The zero-order chi connectivity index (χ0) is 18.2. The normalized spacial score (nSPS) is 10.8. The van der Waals surface area contributed by atoms with Gasteiger partial charge in [0.1, 0.15) is 0 Å². The molecule has 0 saturated heterocycles. The second kappa shape index (κ2) is 9.72. The highest BCUT2D eigenvalue weighted by atomic mass is 19.4. The van der Waals surface area contributed by atoms with Crippen molar-refractivity contribution in [2.75, 3.05) is 0 Å². The first-order valence-corrected chi connectivity index (χ1v) is 3.73. The van der Waals surface area contributed by atoms with Crippen LogP contribution in [0.3, 0.4) is 0 Å². The molecule has 0 amide bonds. The lowest BCUT2D eigenvalue weighted by Gasteiger charge is -1.93. The van der Waals surface area contributed by atoms with Crippen LogP contribution in [0.2, 0.25) is 0 Å². The summed E-state index contributed by atoms with van der Waals surface area (Å²) in [5, 5.41) is 21.4. The molecule has 0 rings (SSSR count). The van der Waals surface area contributed by atoms with Crippen LogP contribution < -0.4 is 0 Å². The van der Waals surface area contributed by atoms with E-state index in [0.717, 1.165) is 0 Å². The molecule has 3 N–H and O–H groups in total. The van der Waals surface area contributed by atoms with Crippen molar-refractivity contribution in [1.82, 2.24) is 0 Å². The summed E-state index contributed by atoms with van der Waals surface area (Å²) < 4.78 is 95.2. The molecule has 132 valence electrons. The molecule has 0 unspecified atom stereocenters. The fourth-order valence-electron chi connectivity index (χ4n) is 0. The van der Waals surface area contributed by atoms with Gasteiger partial charge in [-0.25, -0.2) is 14.4 Å². The average Bonchev–Trinajstić information content (AvgIpc) is 2.14. The summed E-state index contributed by atoms with van der Waals surface area (Å²) >= 11 is 0. The van der Waals surface area contributed by atoms with Gasteiger partial charge in [0.05, 0.1) is 8.41 Å². The molecule has 0 aliphatic rings. The standard InChI is InChI=1S/3C2HF3O2.BH3/c3*3-2(4,5)1(6)7;/h3*(H,6,7);1H3. The summed E-state index contributed by atoms with van der Waals surface area (Å²) in [7, 11) is 0. The van der Waals surface area contributed by atoms with Crippen LogP contribution in [-0.4, -0.2) is 60.2 Å². The van der Waals surface area contributed by atoms with Gasteiger partial charge in [0.15, 0.2) is 0 Å². The summed E-state index contributed by atoms with van der Waals surface area (Å²) in [6.07, 6.45) is -15.3. The van der Waals surface area contributed by atoms with Gasteiger partial charge in [-0.2, -0.15) is 39.5 Å². The second-order valence-corrected chi connectivity index (χ2v) is 2.41. The Bertz CT molecular complexity index is 313. The van der Waals surface area contributed by atoms with E-state index in [1.807, 2.05) is 0 Å². The highest BCUT2D eigenvalue weighted by molar-refractivity contribution is 5.75. The number of aliphatic carboxylic acids is 3.